The first kappa shape index (κ1) is 16.4. The molecule has 0 spiro atoms. The molecule has 116 valence electrons. The minimum absolute atomic E-state index is 0.0430. The number of hydrogen-bond acceptors (Lipinski definition) is 3. The molecule has 2 aromatic rings. The van der Waals surface area contributed by atoms with E-state index in [0.29, 0.717) is 6.54 Å². The molecule has 0 saturated heterocycles. The number of hydrogen-bond donors (Lipinski definition) is 1. The van der Waals surface area contributed by atoms with Crippen molar-refractivity contribution in [3.05, 3.63) is 59.7 Å². The van der Waals surface area contributed by atoms with E-state index in [9.17, 15) is 4.79 Å². The first-order chi connectivity index (χ1) is 10.6. The number of carbonyl (C=O) groups is 1. The van der Waals surface area contributed by atoms with Crippen molar-refractivity contribution in [2.45, 2.75) is 30.5 Å². The Morgan fingerprint density at radius 1 is 1.14 bits per heavy atom. The van der Waals surface area contributed by atoms with E-state index < -0.39 is 0 Å². The first-order valence-electron chi connectivity index (χ1n) is 7.22. The number of methoxy groups -OCH3 is 1. The largest absolute Gasteiger partial charge is 0.497 e. The van der Waals surface area contributed by atoms with Gasteiger partial charge in [0.05, 0.1) is 12.4 Å². The van der Waals surface area contributed by atoms with Gasteiger partial charge in [-0.3, -0.25) is 4.79 Å². The fourth-order valence-corrected chi connectivity index (χ4v) is 2.84. The zero-order valence-electron chi connectivity index (χ0n) is 13.1. The van der Waals surface area contributed by atoms with Crippen LogP contribution in [-0.2, 0) is 11.3 Å². The molecule has 4 heteroatoms. The van der Waals surface area contributed by atoms with E-state index >= 15 is 0 Å². The number of aryl methyl sites for hydroxylation is 1. The number of benzene rings is 2. The number of carbonyl (C=O) groups excluding carboxylic acids is 1. The van der Waals surface area contributed by atoms with Gasteiger partial charge >= 0.3 is 0 Å². The summed E-state index contributed by atoms with van der Waals surface area (Å²) in [5, 5.41) is 2.84. The number of nitrogens with one attached hydrogen (secondary N) is 1. The molecule has 0 aliphatic heterocycles. The third-order valence-corrected chi connectivity index (χ3v) is 4.44. The predicted octanol–water partition coefficient (Wildman–Crippen LogP) is 3.80. The van der Waals surface area contributed by atoms with Gasteiger partial charge in [0.2, 0.25) is 5.91 Å². The lowest BCUT2D eigenvalue weighted by atomic mass is 10.1. The maximum absolute atomic E-state index is 12.2. The Kier molecular flexibility index (Phi) is 5.90. The summed E-state index contributed by atoms with van der Waals surface area (Å²) in [7, 11) is 1.64. The zero-order valence-corrected chi connectivity index (χ0v) is 13.9. The number of rotatable bonds is 6. The van der Waals surface area contributed by atoms with E-state index in [4.69, 9.17) is 4.74 Å². The van der Waals surface area contributed by atoms with Crippen LogP contribution in [0.25, 0.3) is 0 Å². The van der Waals surface area contributed by atoms with Crippen molar-refractivity contribution in [1.29, 1.82) is 0 Å². The Morgan fingerprint density at radius 3 is 2.36 bits per heavy atom. The molecule has 0 aromatic heterocycles. The van der Waals surface area contributed by atoms with Gasteiger partial charge in [0.25, 0.3) is 0 Å². The number of thioether (sulfide) groups is 1. The fourth-order valence-electron chi connectivity index (χ4n) is 1.95. The van der Waals surface area contributed by atoms with Gasteiger partial charge in [0, 0.05) is 11.4 Å². The van der Waals surface area contributed by atoms with E-state index in [1.165, 1.54) is 5.56 Å². The van der Waals surface area contributed by atoms with Crippen LogP contribution in [0.15, 0.2) is 53.4 Å². The molecule has 2 aromatic carbocycles. The van der Waals surface area contributed by atoms with Crippen molar-refractivity contribution in [2.24, 2.45) is 0 Å². The molecule has 1 N–H and O–H groups in total. The van der Waals surface area contributed by atoms with Crippen LogP contribution in [0, 0.1) is 6.92 Å². The quantitative estimate of drug-likeness (QED) is 0.824. The summed E-state index contributed by atoms with van der Waals surface area (Å²) in [4.78, 5) is 13.2. The lowest BCUT2D eigenvalue weighted by Gasteiger charge is -2.12. The summed E-state index contributed by atoms with van der Waals surface area (Å²) < 4.78 is 5.13. The molecule has 1 amide bonds. The summed E-state index contributed by atoms with van der Waals surface area (Å²) >= 11 is 1.54. The minimum atomic E-state index is -0.140. The summed E-state index contributed by atoms with van der Waals surface area (Å²) in [6.07, 6.45) is 0. The lowest BCUT2D eigenvalue weighted by molar-refractivity contribution is -0.120. The highest BCUT2D eigenvalue weighted by Crippen LogP contribution is 2.25. The summed E-state index contributed by atoms with van der Waals surface area (Å²) in [6.45, 7) is 4.53. The zero-order chi connectivity index (χ0) is 15.9. The van der Waals surface area contributed by atoms with Gasteiger partial charge in [0.1, 0.15) is 5.75 Å². The summed E-state index contributed by atoms with van der Waals surface area (Å²) in [5.41, 5.74) is 2.33. The molecule has 0 radical (unpaired) electrons. The van der Waals surface area contributed by atoms with Gasteiger partial charge in [0.15, 0.2) is 0 Å². The smallest absolute Gasteiger partial charge is 0.233 e. The van der Waals surface area contributed by atoms with Gasteiger partial charge in [-0.25, -0.2) is 0 Å². The molecular weight excluding hydrogens is 294 g/mol. The molecule has 0 aliphatic carbocycles. The molecule has 2 rings (SSSR count). The van der Waals surface area contributed by atoms with E-state index in [0.717, 1.165) is 16.2 Å². The SMILES string of the molecule is COc1ccc(S[C@@H](C)C(=O)NCc2ccc(C)cc2)cc1. The second kappa shape index (κ2) is 7.90. The molecule has 3 nitrogen and oxygen atoms in total. The molecule has 0 bridgehead atoms. The first-order valence-corrected chi connectivity index (χ1v) is 8.10. The van der Waals surface area contributed by atoms with Crippen LogP contribution in [0.3, 0.4) is 0 Å². The molecule has 0 aliphatic rings. The fraction of sp³-hybridized carbons (Fsp3) is 0.278. The second-order valence-electron chi connectivity index (χ2n) is 5.14. The van der Waals surface area contributed by atoms with Crippen LogP contribution < -0.4 is 10.1 Å². The van der Waals surface area contributed by atoms with Crippen LogP contribution in [0.2, 0.25) is 0 Å². The van der Waals surface area contributed by atoms with E-state index in [1.54, 1.807) is 18.9 Å². The Bertz CT molecular complexity index is 608. The van der Waals surface area contributed by atoms with E-state index in [-0.39, 0.29) is 11.2 Å². The van der Waals surface area contributed by atoms with Gasteiger partial charge < -0.3 is 10.1 Å². The van der Waals surface area contributed by atoms with Crippen LogP contribution >= 0.6 is 11.8 Å². The number of ether oxygens (including phenoxy) is 1. The third kappa shape index (κ3) is 4.81. The summed E-state index contributed by atoms with van der Waals surface area (Å²) in [6, 6.07) is 15.9. The maximum Gasteiger partial charge on any atom is 0.233 e. The van der Waals surface area contributed by atoms with Crippen molar-refractivity contribution in [1.82, 2.24) is 5.32 Å². The highest BCUT2D eigenvalue weighted by molar-refractivity contribution is 8.00. The normalized spacial score (nSPS) is 11.8. The van der Waals surface area contributed by atoms with Crippen LogP contribution in [-0.4, -0.2) is 18.3 Å². The van der Waals surface area contributed by atoms with Crippen molar-refractivity contribution in [3.8, 4) is 5.75 Å². The van der Waals surface area contributed by atoms with Gasteiger partial charge in [-0.2, -0.15) is 0 Å². The Labute approximate surface area is 136 Å². The molecule has 0 unspecified atom stereocenters. The molecule has 1 atom stereocenters. The maximum atomic E-state index is 12.2. The summed E-state index contributed by atoms with van der Waals surface area (Å²) in [5.74, 6) is 0.863. The molecule has 22 heavy (non-hydrogen) atoms. The lowest BCUT2D eigenvalue weighted by Crippen LogP contribution is -2.30. The molecule has 0 heterocycles. The van der Waals surface area contributed by atoms with Gasteiger partial charge in [-0.1, -0.05) is 29.8 Å². The third-order valence-electron chi connectivity index (χ3n) is 3.33. The highest BCUT2D eigenvalue weighted by Gasteiger charge is 2.14. The predicted molar refractivity (Wildman–Crippen MR) is 91.3 cm³/mol. The van der Waals surface area contributed by atoms with Crippen LogP contribution in [0.5, 0.6) is 5.75 Å². The van der Waals surface area contributed by atoms with E-state index in [2.05, 4.69) is 24.4 Å². The molecular formula is C18H21NO2S. The topological polar surface area (TPSA) is 38.3 Å². The molecule has 0 saturated carbocycles. The Balaban J connectivity index is 1.84. The van der Waals surface area contributed by atoms with Crippen molar-refractivity contribution in [2.75, 3.05) is 7.11 Å². The second-order valence-corrected chi connectivity index (χ2v) is 6.55. The average molecular weight is 315 g/mol. The standard InChI is InChI=1S/C18H21NO2S/c1-13-4-6-15(7-5-13)12-19-18(20)14(2)22-17-10-8-16(21-3)9-11-17/h4-11,14H,12H2,1-3H3,(H,19,20)/t14-/m0/s1. The monoisotopic (exact) mass is 315 g/mol. The Hall–Kier alpha value is -1.94. The van der Waals surface area contributed by atoms with Crippen molar-refractivity contribution >= 4 is 17.7 Å². The number of amides is 1. The van der Waals surface area contributed by atoms with Crippen LogP contribution in [0.4, 0.5) is 0 Å². The average Bonchev–Trinajstić information content (AvgIpc) is 2.54. The van der Waals surface area contributed by atoms with Gasteiger partial charge in [-0.15, -0.1) is 11.8 Å². The Morgan fingerprint density at radius 2 is 1.77 bits per heavy atom. The highest BCUT2D eigenvalue weighted by atomic mass is 32.2. The minimum Gasteiger partial charge on any atom is -0.497 e. The van der Waals surface area contributed by atoms with Crippen LogP contribution in [0.1, 0.15) is 18.1 Å². The van der Waals surface area contributed by atoms with Crippen molar-refractivity contribution < 1.29 is 9.53 Å². The van der Waals surface area contributed by atoms with E-state index in [1.807, 2.05) is 43.3 Å². The van der Waals surface area contributed by atoms with Gasteiger partial charge in [-0.05, 0) is 43.7 Å². The molecule has 0 fully saturated rings. The van der Waals surface area contributed by atoms with Crippen molar-refractivity contribution in [3.63, 3.8) is 0 Å².